The van der Waals surface area contributed by atoms with Gasteiger partial charge in [-0.25, -0.2) is 4.98 Å². The molecule has 0 aliphatic rings. The van der Waals surface area contributed by atoms with Crippen molar-refractivity contribution in [3.63, 3.8) is 0 Å². The number of hydrogen-bond acceptors (Lipinski definition) is 3. The summed E-state index contributed by atoms with van der Waals surface area (Å²) >= 11 is 1.55. The molecule has 0 spiro atoms. The fourth-order valence-electron chi connectivity index (χ4n) is 1.95. The van der Waals surface area contributed by atoms with Crippen molar-refractivity contribution in [3.8, 4) is 0 Å². The van der Waals surface area contributed by atoms with Crippen molar-refractivity contribution >= 4 is 28.6 Å². The van der Waals surface area contributed by atoms with Gasteiger partial charge in [-0.1, -0.05) is 51.6 Å². The smallest absolute Gasteiger partial charge is 0.169 e. The van der Waals surface area contributed by atoms with E-state index < -0.39 is 0 Å². The monoisotopic (exact) mass is 290 g/mol. The molecule has 0 unspecified atom stereocenters. The molecule has 20 heavy (non-hydrogen) atoms. The summed E-state index contributed by atoms with van der Waals surface area (Å²) in [6.45, 7) is 8.98. The van der Waals surface area contributed by atoms with Crippen LogP contribution in [-0.4, -0.2) is 21.1 Å². The van der Waals surface area contributed by atoms with Crippen molar-refractivity contribution in [2.45, 2.75) is 45.8 Å². The first-order valence-corrected chi connectivity index (χ1v) is 8.03. The zero-order valence-corrected chi connectivity index (χ0v) is 13.5. The largest absolute Gasteiger partial charge is 0.319 e. The lowest BCUT2D eigenvalue weighted by atomic mass is 9.92. The van der Waals surface area contributed by atoms with Gasteiger partial charge < -0.3 is 4.57 Å². The zero-order chi connectivity index (χ0) is 14.8. The van der Waals surface area contributed by atoms with E-state index in [9.17, 15) is 4.79 Å². The molecule has 1 heterocycles. The van der Waals surface area contributed by atoms with Gasteiger partial charge in [-0.3, -0.25) is 4.79 Å². The van der Waals surface area contributed by atoms with Crippen LogP contribution in [0.4, 0.5) is 0 Å². The molecule has 0 fully saturated rings. The zero-order valence-electron chi connectivity index (χ0n) is 12.6. The summed E-state index contributed by atoms with van der Waals surface area (Å²) in [5, 5.41) is 0.950. The number of ketones is 1. The van der Waals surface area contributed by atoms with Crippen LogP contribution < -0.4 is 0 Å². The Kier molecular flexibility index (Phi) is 4.53. The van der Waals surface area contributed by atoms with Gasteiger partial charge in [-0.15, -0.1) is 0 Å². The van der Waals surface area contributed by atoms with Crippen LogP contribution in [-0.2, 0) is 11.3 Å². The number of nitrogens with zero attached hydrogens (tertiary/aromatic N) is 2. The van der Waals surface area contributed by atoms with Crippen LogP contribution in [0.2, 0.25) is 0 Å². The SMILES string of the molecule is CCCn1c(SCC(=O)C(C)(C)C)nc2ccccc21. The standard InChI is InChI=1S/C16H22N2OS/c1-5-10-18-13-9-7-6-8-12(13)17-15(18)20-11-14(19)16(2,3)4/h6-9H,5,10-11H2,1-4H3. The minimum absolute atomic E-state index is 0.262. The Bertz CT molecular complexity index is 610. The molecule has 2 aromatic rings. The Hall–Kier alpha value is -1.29. The van der Waals surface area contributed by atoms with Crippen LogP contribution in [0.3, 0.4) is 0 Å². The molecule has 0 saturated carbocycles. The molecule has 0 bridgehead atoms. The molecule has 3 nitrogen and oxygen atoms in total. The summed E-state index contributed by atoms with van der Waals surface area (Å²) in [6, 6.07) is 8.15. The van der Waals surface area contributed by atoms with E-state index in [0.29, 0.717) is 5.75 Å². The van der Waals surface area contributed by atoms with E-state index in [1.807, 2.05) is 39.0 Å². The fraction of sp³-hybridized carbons (Fsp3) is 0.500. The van der Waals surface area contributed by atoms with Gasteiger partial charge in [0.15, 0.2) is 5.16 Å². The van der Waals surface area contributed by atoms with Gasteiger partial charge in [0.05, 0.1) is 16.8 Å². The number of fused-ring (bicyclic) bond motifs is 1. The second-order valence-electron chi connectivity index (χ2n) is 6.00. The minimum atomic E-state index is -0.283. The van der Waals surface area contributed by atoms with Crippen LogP contribution in [0.15, 0.2) is 29.4 Å². The van der Waals surface area contributed by atoms with Crippen molar-refractivity contribution in [2.75, 3.05) is 5.75 Å². The van der Waals surface area contributed by atoms with Gasteiger partial charge in [0, 0.05) is 12.0 Å². The number of Topliss-reactive ketones (excluding diaryl/α,β-unsaturated/α-hetero) is 1. The van der Waals surface area contributed by atoms with E-state index in [2.05, 4.69) is 22.5 Å². The van der Waals surface area contributed by atoms with Crippen LogP contribution >= 0.6 is 11.8 Å². The number of rotatable bonds is 5. The highest BCUT2D eigenvalue weighted by atomic mass is 32.2. The molecule has 0 N–H and O–H groups in total. The van der Waals surface area contributed by atoms with Crippen LogP contribution in [0, 0.1) is 5.41 Å². The van der Waals surface area contributed by atoms with E-state index in [4.69, 9.17) is 0 Å². The third-order valence-electron chi connectivity index (χ3n) is 3.24. The van der Waals surface area contributed by atoms with E-state index in [-0.39, 0.29) is 11.2 Å². The number of carbonyl (C=O) groups is 1. The van der Waals surface area contributed by atoms with Crippen molar-refractivity contribution in [1.82, 2.24) is 9.55 Å². The first kappa shape index (κ1) is 15.1. The van der Waals surface area contributed by atoms with Crippen LogP contribution in [0.1, 0.15) is 34.1 Å². The van der Waals surface area contributed by atoms with Crippen molar-refractivity contribution < 1.29 is 4.79 Å². The maximum absolute atomic E-state index is 12.1. The van der Waals surface area contributed by atoms with Crippen molar-refractivity contribution in [3.05, 3.63) is 24.3 Å². The summed E-state index contributed by atoms with van der Waals surface area (Å²) < 4.78 is 2.22. The average molecular weight is 290 g/mol. The number of hydrogen-bond donors (Lipinski definition) is 0. The Balaban J connectivity index is 2.25. The van der Waals surface area contributed by atoms with E-state index in [1.54, 1.807) is 11.8 Å². The maximum atomic E-state index is 12.1. The lowest BCUT2D eigenvalue weighted by Gasteiger charge is -2.16. The quantitative estimate of drug-likeness (QED) is 0.776. The number of imidazole rings is 1. The lowest BCUT2D eigenvalue weighted by Crippen LogP contribution is -2.22. The molecule has 0 amide bonds. The normalized spacial score (nSPS) is 12.0. The second-order valence-corrected chi connectivity index (χ2v) is 6.94. The molecular formula is C16H22N2OS. The lowest BCUT2D eigenvalue weighted by molar-refractivity contribution is -0.123. The molecule has 1 aromatic heterocycles. The molecule has 108 valence electrons. The molecule has 0 radical (unpaired) electrons. The predicted molar refractivity (Wildman–Crippen MR) is 85.2 cm³/mol. The first-order valence-electron chi connectivity index (χ1n) is 7.05. The van der Waals surface area contributed by atoms with Crippen molar-refractivity contribution in [1.29, 1.82) is 0 Å². The van der Waals surface area contributed by atoms with E-state index in [1.165, 1.54) is 0 Å². The molecule has 0 aliphatic carbocycles. The summed E-state index contributed by atoms with van der Waals surface area (Å²) in [4.78, 5) is 16.7. The van der Waals surface area contributed by atoms with Crippen LogP contribution in [0.5, 0.6) is 0 Å². The molecule has 0 saturated heterocycles. The summed E-state index contributed by atoms with van der Waals surface area (Å²) in [5.74, 6) is 0.744. The number of aromatic nitrogens is 2. The summed E-state index contributed by atoms with van der Waals surface area (Å²) in [6.07, 6.45) is 1.06. The molecule has 1 aromatic carbocycles. The number of aryl methyl sites for hydroxylation is 1. The van der Waals surface area contributed by atoms with Gasteiger partial charge in [-0.2, -0.15) is 0 Å². The number of benzene rings is 1. The first-order chi connectivity index (χ1) is 9.43. The third-order valence-corrected chi connectivity index (χ3v) is 4.21. The Morgan fingerprint density at radius 1 is 1.30 bits per heavy atom. The maximum Gasteiger partial charge on any atom is 0.169 e. The van der Waals surface area contributed by atoms with E-state index in [0.717, 1.165) is 29.2 Å². The highest BCUT2D eigenvalue weighted by Crippen LogP contribution is 2.26. The average Bonchev–Trinajstić information content (AvgIpc) is 2.74. The molecule has 0 aliphatic heterocycles. The third kappa shape index (κ3) is 3.23. The predicted octanol–water partition coefficient (Wildman–Crippen LogP) is 4.15. The van der Waals surface area contributed by atoms with Gasteiger partial charge in [-0.05, 0) is 18.6 Å². The highest BCUT2D eigenvalue weighted by Gasteiger charge is 2.22. The Morgan fingerprint density at radius 2 is 2.00 bits per heavy atom. The topological polar surface area (TPSA) is 34.9 Å². The number of para-hydroxylation sites is 2. The Labute approximate surface area is 124 Å². The summed E-state index contributed by atoms with van der Waals surface area (Å²) in [5.41, 5.74) is 1.88. The number of carbonyl (C=O) groups excluding carboxylic acids is 1. The second kappa shape index (κ2) is 6.00. The number of thioether (sulfide) groups is 1. The molecular weight excluding hydrogens is 268 g/mol. The highest BCUT2D eigenvalue weighted by molar-refractivity contribution is 7.99. The van der Waals surface area contributed by atoms with Gasteiger partial charge >= 0.3 is 0 Å². The van der Waals surface area contributed by atoms with E-state index >= 15 is 0 Å². The van der Waals surface area contributed by atoms with Crippen molar-refractivity contribution in [2.24, 2.45) is 5.41 Å². The minimum Gasteiger partial charge on any atom is -0.319 e. The molecule has 2 rings (SSSR count). The fourth-order valence-corrected chi connectivity index (χ4v) is 3.15. The van der Waals surface area contributed by atoms with Gasteiger partial charge in [0.2, 0.25) is 0 Å². The van der Waals surface area contributed by atoms with Gasteiger partial charge in [0.1, 0.15) is 5.78 Å². The van der Waals surface area contributed by atoms with Gasteiger partial charge in [0.25, 0.3) is 0 Å². The molecule has 4 heteroatoms. The molecule has 0 atom stereocenters. The van der Waals surface area contributed by atoms with Crippen LogP contribution in [0.25, 0.3) is 11.0 Å². The Morgan fingerprint density at radius 3 is 2.65 bits per heavy atom. The summed E-state index contributed by atoms with van der Waals surface area (Å²) in [7, 11) is 0.